The van der Waals surface area contributed by atoms with Gasteiger partial charge in [0.15, 0.2) is 0 Å². The van der Waals surface area contributed by atoms with E-state index in [-0.39, 0.29) is 18.3 Å². The first-order chi connectivity index (χ1) is 8.20. The van der Waals surface area contributed by atoms with Gasteiger partial charge in [-0.05, 0) is 6.07 Å². The zero-order valence-electron chi connectivity index (χ0n) is 9.84. The lowest BCUT2D eigenvalue weighted by molar-refractivity contribution is -0.384. The first-order valence-electron chi connectivity index (χ1n) is 5.49. The summed E-state index contributed by atoms with van der Waals surface area (Å²) in [5.41, 5.74) is 0.670. The molecule has 1 aromatic carbocycles. The molecule has 1 aromatic rings. The molecule has 1 unspecified atom stereocenters. The zero-order valence-corrected chi connectivity index (χ0v) is 9.84. The van der Waals surface area contributed by atoms with Crippen LogP contribution in [-0.4, -0.2) is 29.3 Å². The number of nitro benzene ring substituents is 1. The highest BCUT2D eigenvalue weighted by atomic mass is 16.6. The number of hydrogen-bond acceptors (Lipinski definition) is 5. The number of fused-ring (bicyclic) bond motifs is 1. The number of nitrogens with one attached hydrogen (secondary N) is 1. The van der Waals surface area contributed by atoms with E-state index in [1.54, 1.807) is 6.07 Å². The number of non-ortho nitro benzene ring substituents is 1. The first kappa shape index (κ1) is 13.2. The Hall–Kier alpha value is -1.82. The molecule has 0 fully saturated rings. The number of rotatable bonds is 2. The van der Waals surface area contributed by atoms with E-state index in [2.05, 4.69) is 5.32 Å². The fourth-order valence-corrected chi connectivity index (χ4v) is 1.41. The highest BCUT2D eigenvalue weighted by Gasteiger charge is 2.20. The molecule has 0 aliphatic carbocycles. The Balaban J connectivity index is 0.000000686. The van der Waals surface area contributed by atoms with Gasteiger partial charge in [0, 0.05) is 6.07 Å². The lowest BCUT2D eigenvalue weighted by Gasteiger charge is -2.25. The predicted molar refractivity (Wildman–Crippen MR) is 64.4 cm³/mol. The fourth-order valence-electron chi connectivity index (χ4n) is 1.41. The van der Waals surface area contributed by atoms with Crippen molar-refractivity contribution in [1.29, 1.82) is 0 Å². The van der Waals surface area contributed by atoms with Gasteiger partial charge < -0.3 is 15.2 Å². The van der Waals surface area contributed by atoms with Crippen molar-refractivity contribution < 1.29 is 14.8 Å². The second kappa shape index (κ2) is 6.05. The lowest BCUT2D eigenvalue weighted by Crippen LogP contribution is -2.34. The number of nitrogens with zero attached hydrogens (tertiary/aromatic N) is 1. The number of benzene rings is 1. The molecule has 0 amide bonds. The van der Waals surface area contributed by atoms with Crippen molar-refractivity contribution in [1.82, 2.24) is 0 Å². The standard InChI is InChI=1S/C9H10N2O4.C2H6/c12-4-6-5-15-9-3-7(11(13)14)1-2-8(9)10-6;1-2/h1-3,6,10,12H,4-5H2;1-2H3. The van der Waals surface area contributed by atoms with E-state index in [1.165, 1.54) is 12.1 Å². The van der Waals surface area contributed by atoms with Gasteiger partial charge in [0.25, 0.3) is 5.69 Å². The third kappa shape index (κ3) is 3.07. The average Bonchev–Trinajstić information content (AvgIpc) is 2.39. The Bertz CT molecular complexity index is 395. The second-order valence-corrected chi connectivity index (χ2v) is 3.27. The number of ether oxygens (including phenoxy) is 1. The molecule has 1 heterocycles. The number of hydrogen-bond donors (Lipinski definition) is 2. The van der Waals surface area contributed by atoms with E-state index in [0.29, 0.717) is 18.0 Å². The lowest BCUT2D eigenvalue weighted by atomic mass is 10.2. The maximum atomic E-state index is 10.5. The van der Waals surface area contributed by atoms with Crippen molar-refractivity contribution in [2.45, 2.75) is 19.9 Å². The zero-order chi connectivity index (χ0) is 12.8. The molecule has 1 aliphatic heterocycles. The van der Waals surface area contributed by atoms with E-state index < -0.39 is 4.92 Å². The summed E-state index contributed by atoms with van der Waals surface area (Å²) in [5, 5.41) is 22.4. The molecule has 0 aromatic heterocycles. The predicted octanol–water partition coefficient (Wildman–Crippen LogP) is 1.79. The van der Waals surface area contributed by atoms with Crippen molar-refractivity contribution in [3.63, 3.8) is 0 Å². The van der Waals surface area contributed by atoms with Crippen LogP contribution in [-0.2, 0) is 0 Å². The topological polar surface area (TPSA) is 84.6 Å². The smallest absolute Gasteiger partial charge is 0.273 e. The molecule has 0 saturated carbocycles. The van der Waals surface area contributed by atoms with Gasteiger partial charge in [-0.1, -0.05) is 13.8 Å². The van der Waals surface area contributed by atoms with Crippen molar-refractivity contribution >= 4 is 11.4 Å². The summed E-state index contributed by atoms with van der Waals surface area (Å²) in [4.78, 5) is 10.0. The molecule has 17 heavy (non-hydrogen) atoms. The normalized spacial score (nSPS) is 16.8. The van der Waals surface area contributed by atoms with E-state index in [0.717, 1.165) is 0 Å². The molecule has 2 N–H and O–H groups in total. The van der Waals surface area contributed by atoms with Crippen LogP contribution >= 0.6 is 0 Å². The largest absolute Gasteiger partial charge is 0.489 e. The van der Waals surface area contributed by atoms with Crippen LogP contribution in [0.1, 0.15) is 13.8 Å². The molecule has 1 aliphatic rings. The third-order valence-electron chi connectivity index (χ3n) is 2.20. The maximum Gasteiger partial charge on any atom is 0.273 e. The fraction of sp³-hybridized carbons (Fsp3) is 0.455. The highest BCUT2D eigenvalue weighted by Crippen LogP contribution is 2.32. The van der Waals surface area contributed by atoms with Crippen LogP contribution in [0.5, 0.6) is 5.75 Å². The summed E-state index contributed by atoms with van der Waals surface area (Å²) in [6, 6.07) is 4.19. The van der Waals surface area contributed by atoms with Gasteiger partial charge in [0.2, 0.25) is 0 Å². The number of nitro groups is 1. The minimum atomic E-state index is -0.470. The molecule has 0 bridgehead atoms. The summed E-state index contributed by atoms with van der Waals surface area (Å²) in [7, 11) is 0. The van der Waals surface area contributed by atoms with Crippen LogP contribution in [0.2, 0.25) is 0 Å². The van der Waals surface area contributed by atoms with E-state index in [1.807, 2.05) is 13.8 Å². The summed E-state index contributed by atoms with van der Waals surface area (Å²) in [6.07, 6.45) is 0. The van der Waals surface area contributed by atoms with Crippen LogP contribution < -0.4 is 10.1 Å². The molecule has 94 valence electrons. The Morgan fingerprint density at radius 3 is 2.88 bits per heavy atom. The molecule has 0 radical (unpaired) electrons. The highest BCUT2D eigenvalue weighted by molar-refractivity contribution is 5.62. The van der Waals surface area contributed by atoms with Crippen LogP contribution in [0, 0.1) is 10.1 Å². The van der Waals surface area contributed by atoms with Gasteiger partial charge in [-0.25, -0.2) is 0 Å². The van der Waals surface area contributed by atoms with Gasteiger partial charge in [-0.3, -0.25) is 10.1 Å². The van der Waals surface area contributed by atoms with Crippen molar-refractivity contribution in [2.24, 2.45) is 0 Å². The van der Waals surface area contributed by atoms with Crippen LogP contribution in [0.15, 0.2) is 18.2 Å². The summed E-state index contributed by atoms with van der Waals surface area (Å²) < 4.78 is 5.29. The minimum Gasteiger partial charge on any atom is -0.489 e. The van der Waals surface area contributed by atoms with Gasteiger partial charge >= 0.3 is 0 Å². The summed E-state index contributed by atoms with van der Waals surface area (Å²) in [5.74, 6) is 0.453. The van der Waals surface area contributed by atoms with Gasteiger partial charge in [0.1, 0.15) is 12.4 Å². The molecular formula is C11H16N2O4. The molecule has 0 spiro atoms. The van der Waals surface area contributed by atoms with E-state index in [9.17, 15) is 10.1 Å². The molecule has 1 atom stereocenters. The summed E-state index contributed by atoms with van der Waals surface area (Å²) >= 11 is 0. The maximum absolute atomic E-state index is 10.5. The van der Waals surface area contributed by atoms with Gasteiger partial charge in [-0.2, -0.15) is 0 Å². The number of aliphatic hydroxyl groups is 1. The number of aliphatic hydroxyl groups excluding tert-OH is 1. The monoisotopic (exact) mass is 240 g/mol. The molecule has 2 rings (SSSR count). The van der Waals surface area contributed by atoms with Crippen LogP contribution in [0.25, 0.3) is 0 Å². The Morgan fingerprint density at radius 1 is 1.59 bits per heavy atom. The Labute approximate surface area is 99.4 Å². The van der Waals surface area contributed by atoms with E-state index >= 15 is 0 Å². The van der Waals surface area contributed by atoms with Crippen LogP contribution in [0.3, 0.4) is 0 Å². The van der Waals surface area contributed by atoms with E-state index in [4.69, 9.17) is 9.84 Å². The van der Waals surface area contributed by atoms with Crippen molar-refractivity contribution in [2.75, 3.05) is 18.5 Å². The molecular weight excluding hydrogens is 224 g/mol. The average molecular weight is 240 g/mol. The first-order valence-corrected chi connectivity index (χ1v) is 5.49. The summed E-state index contributed by atoms with van der Waals surface area (Å²) in [6.45, 7) is 4.28. The van der Waals surface area contributed by atoms with Crippen molar-refractivity contribution in [3.8, 4) is 5.75 Å². The van der Waals surface area contributed by atoms with Gasteiger partial charge in [0.05, 0.1) is 29.3 Å². The third-order valence-corrected chi connectivity index (χ3v) is 2.20. The quantitative estimate of drug-likeness (QED) is 0.608. The SMILES string of the molecule is CC.O=[N+]([O-])c1ccc2c(c1)OCC(CO)N2. The second-order valence-electron chi connectivity index (χ2n) is 3.27. The van der Waals surface area contributed by atoms with Crippen LogP contribution in [0.4, 0.5) is 11.4 Å². The molecule has 0 saturated heterocycles. The molecule has 6 heteroatoms. The Kier molecular flexibility index (Phi) is 4.71. The number of anilines is 1. The molecule has 6 nitrogen and oxygen atoms in total. The Morgan fingerprint density at radius 2 is 2.29 bits per heavy atom. The van der Waals surface area contributed by atoms with Crippen molar-refractivity contribution in [3.05, 3.63) is 28.3 Å². The van der Waals surface area contributed by atoms with Gasteiger partial charge in [-0.15, -0.1) is 0 Å². The minimum absolute atomic E-state index is 0.00185.